The number of nitro benzene ring substituents is 1. The molecule has 4 rings (SSSR count). The first kappa shape index (κ1) is 15.7. The van der Waals surface area contributed by atoms with Crippen molar-refractivity contribution in [2.45, 2.75) is 0 Å². The number of hydrogen-bond donors (Lipinski definition) is 0. The van der Waals surface area contributed by atoms with E-state index in [0.29, 0.717) is 16.5 Å². The lowest BCUT2D eigenvalue weighted by Gasteiger charge is -2.04. The van der Waals surface area contributed by atoms with E-state index in [9.17, 15) is 10.1 Å². The van der Waals surface area contributed by atoms with Crippen molar-refractivity contribution in [1.82, 2.24) is 9.97 Å². The lowest BCUT2D eigenvalue weighted by molar-refractivity contribution is -0.384. The van der Waals surface area contributed by atoms with Gasteiger partial charge in [-0.2, -0.15) is 0 Å². The topological polar surface area (TPSA) is 68.9 Å². The van der Waals surface area contributed by atoms with Crippen LogP contribution in [0.3, 0.4) is 0 Å². The normalized spacial score (nSPS) is 10.9. The molecule has 0 saturated heterocycles. The number of nitro groups is 1. The van der Waals surface area contributed by atoms with Crippen LogP contribution < -0.4 is 0 Å². The zero-order valence-corrected chi connectivity index (χ0v) is 14.3. The molecule has 0 aliphatic heterocycles. The molecule has 7 heteroatoms. The van der Waals surface area contributed by atoms with E-state index in [2.05, 4.69) is 9.97 Å². The lowest BCUT2D eigenvalue weighted by Crippen LogP contribution is -1.92. The van der Waals surface area contributed by atoms with Crippen LogP contribution in [0, 0.1) is 10.1 Å². The SMILES string of the molecule is O=[N+]([O-])c1ccc(-c2nc(Cl)c3c(-c4ccccc4)csc3n2)cc1. The van der Waals surface area contributed by atoms with Crippen LogP contribution in [0.2, 0.25) is 5.15 Å². The fourth-order valence-electron chi connectivity index (χ4n) is 2.59. The van der Waals surface area contributed by atoms with E-state index in [1.807, 2.05) is 35.7 Å². The first-order chi connectivity index (χ1) is 12.1. The van der Waals surface area contributed by atoms with Crippen LogP contribution in [0.5, 0.6) is 0 Å². The second kappa shape index (κ2) is 6.23. The predicted molar refractivity (Wildman–Crippen MR) is 100.0 cm³/mol. The molecule has 122 valence electrons. The number of rotatable bonds is 3. The zero-order valence-electron chi connectivity index (χ0n) is 12.7. The highest BCUT2D eigenvalue weighted by Gasteiger charge is 2.15. The second-order valence-corrected chi connectivity index (χ2v) is 6.55. The average Bonchev–Trinajstić information content (AvgIpc) is 3.07. The number of benzene rings is 2. The van der Waals surface area contributed by atoms with Gasteiger partial charge in [-0.3, -0.25) is 10.1 Å². The molecule has 2 aromatic heterocycles. The predicted octanol–water partition coefficient (Wildman–Crippen LogP) is 5.59. The van der Waals surface area contributed by atoms with E-state index in [1.165, 1.54) is 23.5 Å². The Bertz CT molecular complexity index is 1080. The van der Waals surface area contributed by atoms with Gasteiger partial charge in [-0.05, 0) is 17.7 Å². The van der Waals surface area contributed by atoms with Gasteiger partial charge in [0.05, 0.1) is 10.3 Å². The third-order valence-corrected chi connectivity index (χ3v) is 4.96. The molecule has 0 aliphatic carbocycles. The fourth-order valence-corrected chi connectivity index (χ4v) is 3.87. The zero-order chi connectivity index (χ0) is 17.4. The third kappa shape index (κ3) is 2.86. The van der Waals surface area contributed by atoms with E-state index in [-0.39, 0.29) is 5.69 Å². The summed E-state index contributed by atoms with van der Waals surface area (Å²) in [6, 6.07) is 16.1. The number of halogens is 1. The fraction of sp³-hybridized carbons (Fsp3) is 0. The van der Waals surface area contributed by atoms with Gasteiger partial charge < -0.3 is 0 Å². The highest BCUT2D eigenvalue weighted by atomic mass is 35.5. The standard InChI is InChI=1S/C18H10ClN3O2S/c19-16-15-14(11-4-2-1-3-5-11)10-25-18(15)21-17(20-16)12-6-8-13(9-7-12)22(23)24/h1-10H. The Morgan fingerprint density at radius 1 is 0.960 bits per heavy atom. The summed E-state index contributed by atoms with van der Waals surface area (Å²) < 4.78 is 0. The summed E-state index contributed by atoms with van der Waals surface area (Å²) in [5.74, 6) is 0.453. The van der Waals surface area contributed by atoms with Gasteiger partial charge in [-0.1, -0.05) is 41.9 Å². The third-order valence-electron chi connectivity index (χ3n) is 3.81. The largest absolute Gasteiger partial charge is 0.269 e. The summed E-state index contributed by atoms with van der Waals surface area (Å²) in [6.45, 7) is 0. The van der Waals surface area contributed by atoms with Crippen molar-refractivity contribution in [3.05, 3.63) is 75.2 Å². The maximum Gasteiger partial charge on any atom is 0.269 e. The number of thiophene rings is 1. The Morgan fingerprint density at radius 3 is 2.36 bits per heavy atom. The molecule has 0 amide bonds. The summed E-state index contributed by atoms with van der Waals surface area (Å²) in [4.78, 5) is 20.1. The Balaban J connectivity index is 1.82. The Kier molecular flexibility index (Phi) is 3.91. The minimum Gasteiger partial charge on any atom is -0.258 e. The van der Waals surface area contributed by atoms with Crippen molar-refractivity contribution in [3.63, 3.8) is 0 Å². The molecule has 2 heterocycles. The van der Waals surface area contributed by atoms with Gasteiger partial charge in [0, 0.05) is 28.6 Å². The molecule has 0 unspecified atom stereocenters. The van der Waals surface area contributed by atoms with E-state index < -0.39 is 4.92 Å². The van der Waals surface area contributed by atoms with Gasteiger partial charge in [-0.15, -0.1) is 11.3 Å². The Morgan fingerprint density at radius 2 is 1.68 bits per heavy atom. The maximum absolute atomic E-state index is 10.8. The van der Waals surface area contributed by atoms with Gasteiger partial charge in [0.2, 0.25) is 0 Å². The van der Waals surface area contributed by atoms with E-state index >= 15 is 0 Å². The summed E-state index contributed by atoms with van der Waals surface area (Å²) in [5, 5.41) is 14.0. The van der Waals surface area contributed by atoms with Gasteiger partial charge in [0.15, 0.2) is 5.82 Å². The summed E-state index contributed by atoms with van der Waals surface area (Å²) in [7, 11) is 0. The lowest BCUT2D eigenvalue weighted by atomic mass is 10.1. The van der Waals surface area contributed by atoms with Crippen LogP contribution in [-0.4, -0.2) is 14.9 Å². The first-order valence-electron chi connectivity index (χ1n) is 7.38. The van der Waals surface area contributed by atoms with Crippen LogP contribution in [0.1, 0.15) is 0 Å². The quantitative estimate of drug-likeness (QED) is 0.269. The maximum atomic E-state index is 10.8. The molecule has 4 aromatic rings. The summed E-state index contributed by atoms with van der Waals surface area (Å²) >= 11 is 7.93. The minimum absolute atomic E-state index is 0.0263. The Hall–Kier alpha value is -2.83. The summed E-state index contributed by atoms with van der Waals surface area (Å²) in [5.41, 5.74) is 2.77. The molecular weight excluding hydrogens is 358 g/mol. The van der Waals surface area contributed by atoms with Gasteiger partial charge in [0.1, 0.15) is 9.98 Å². The molecule has 0 saturated carbocycles. The van der Waals surface area contributed by atoms with Crippen molar-refractivity contribution in [2.24, 2.45) is 0 Å². The number of non-ortho nitro benzene ring substituents is 1. The smallest absolute Gasteiger partial charge is 0.258 e. The number of nitrogens with zero attached hydrogens (tertiary/aromatic N) is 3. The molecule has 0 atom stereocenters. The molecule has 0 spiro atoms. The van der Waals surface area contributed by atoms with Crippen LogP contribution in [0.4, 0.5) is 5.69 Å². The number of hydrogen-bond acceptors (Lipinski definition) is 5. The van der Waals surface area contributed by atoms with Crippen molar-refractivity contribution < 1.29 is 4.92 Å². The molecule has 0 bridgehead atoms. The van der Waals surface area contributed by atoms with Crippen molar-refractivity contribution in [2.75, 3.05) is 0 Å². The molecule has 5 nitrogen and oxygen atoms in total. The van der Waals surface area contributed by atoms with Crippen molar-refractivity contribution in [1.29, 1.82) is 0 Å². The van der Waals surface area contributed by atoms with Crippen LogP contribution in [0.15, 0.2) is 60.0 Å². The average molecular weight is 368 g/mol. The van der Waals surface area contributed by atoms with Crippen LogP contribution >= 0.6 is 22.9 Å². The highest BCUT2D eigenvalue weighted by molar-refractivity contribution is 7.17. The number of fused-ring (bicyclic) bond motifs is 1. The van der Waals surface area contributed by atoms with Crippen molar-refractivity contribution >= 4 is 38.8 Å². The monoisotopic (exact) mass is 367 g/mol. The molecule has 25 heavy (non-hydrogen) atoms. The summed E-state index contributed by atoms with van der Waals surface area (Å²) in [6.07, 6.45) is 0. The van der Waals surface area contributed by atoms with Gasteiger partial charge in [0.25, 0.3) is 5.69 Å². The molecular formula is C18H10ClN3O2S. The minimum atomic E-state index is -0.438. The highest BCUT2D eigenvalue weighted by Crippen LogP contribution is 2.37. The Labute approximate surface area is 151 Å². The molecule has 0 N–H and O–H groups in total. The van der Waals surface area contributed by atoms with Crippen LogP contribution in [0.25, 0.3) is 32.7 Å². The number of aromatic nitrogens is 2. The van der Waals surface area contributed by atoms with E-state index in [0.717, 1.165) is 21.3 Å². The van der Waals surface area contributed by atoms with E-state index in [4.69, 9.17) is 11.6 Å². The van der Waals surface area contributed by atoms with Gasteiger partial charge in [-0.25, -0.2) is 9.97 Å². The van der Waals surface area contributed by atoms with Crippen molar-refractivity contribution in [3.8, 4) is 22.5 Å². The molecule has 0 radical (unpaired) electrons. The first-order valence-corrected chi connectivity index (χ1v) is 8.64. The second-order valence-electron chi connectivity index (χ2n) is 5.34. The van der Waals surface area contributed by atoms with Gasteiger partial charge >= 0.3 is 0 Å². The molecule has 0 aliphatic rings. The molecule has 2 aromatic carbocycles. The van der Waals surface area contributed by atoms with Crippen LogP contribution in [-0.2, 0) is 0 Å². The molecule has 0 fully saturated rings. The van der Waals surface area contributed by atoms with E-state index in [1.54, 1.807) is 12.1 Å².